The predicted octanol–water partition coefficient (Wildman–Crippen LogP) is 5.30. The molecule has 1 aliphatic carbocycles. The predicted molar refractivity (Wildman–Crippen MR) is 133 cm³/mol. The molecular formula is C28H39F3N2O3. The molecule has 3 unspecified atom stereocenters. The smallest absolute Gasteiger partial charge is 0.379 e. The molecule has 4 atom stereocenters. The van der Waals surface area contributed by atoms with Gasteiger partial charge < -0.3 is 19.7 Å². The van der Waals surface area contributed by atoms with Gasteiger partial charge in [-0.3, -0.25) is 4.79 Å². The van der Waals surface area contributed by atoms with Gasteiger partial charge in [0, 0.05) is 38.4 Å². The van der Waals surface area contributed by atoms with Gasteiger partial charge in [0.1, 0.15) is 0 Å². The normalized spacial score (nSPS) is 29.5. The molecule has 1 aromatic rings. The lowest BCUT2D eigenvalue weighted by Crippen LogP contribution is -2.52. The molecule has 5 nitrogen and oxygen atoms in total. The number of halogens is 3. The van der Waals surface area contributed by atoms with Crippen LogP contribution < -0.4 is 5.32 Å². The van der Waals surface area contributed by atoms with E-state index in [4.69, 9.17) is 9.47 Å². The van der Waals surface area contributed by atoms with Crippen LogP contribution in [0.25, 0.3) is 5.57 Å². The number of benzene rings is 1. The van der Waals surface area contributed by atoms with Crippen molar-refractivity contribution in [2.45, 2.75) is 77.2 Å². The van der Waals surface area contributed by atoms with E-state index in [2.05, 4.69) is 19.2 Å². The van der Waals surface area contributed by atoms with Gasteiger partial charge in [-0.2, -0.15) is 13.2 Å². The molecular weight excluding hydrogens is 469 g/mol. The Morgan fingerprint density at radius 3 is 2.78 bits per heavy atom. The van der Waals surface area contributed by atoms with Crippen LogP contribution in [0.3, 0.4) is 0 Å². The minimum absolute atomic E-state index is 0.0370. The lowest BCUT2D eigenvalue weighted by Gasteiger charge is -2.39. The molecule has 1 aromatic carbocycles. The highest BCUT2D eigenvalue weighted by Gasteiger charge is 2.50. The Kier molecular flexibility index (Phi) is 8.47. The van der Waals surface area contributed by atoms with Gasteiger partial charge in [0.15, 0.2) is 0 Å². The second kappa shape index (κ2) is 11.2. The zero-order valence-corrected chi connectivity index (χ0v) is 21.6. The number of carbonyl (C=O) groups excluding carboxylic acids is 1. The summed E-state index contributed by atoms with van der Waals surface area (Å²) in [4.78, 5) is 15.8. The molecule has 200 valence electrons. The lowest BCUT2D eigenvalue weighted by atomic mass is 9.74. The molecule has 36 heavy (non-hydrogen) atoms. The van der Waals surface area contributed by atoms with Gasteiger partial charge in [-0.1, -0.05) is 32.1 Å². The van der Waals surface area contributed by atoms with Crippen molar-refractivity contribution in [3.05, 3.63) is 41.5 Å². The summed E-state index contributed by atoms with van der Waals surface area (Å²) < 4.78 is 50.9. The average Bonchev–Trinajstić information content (AvgIpc) is 3.30. The van der Waals surface area contributed by atoms with E-state index in [-0.39, 0.29) is 30.0 Å². The Morgan fingerprint density at radius 2 is 2.11 bits per heavy atom. The fourth-order valence-corrected chi connectivity index (χ4v) is 6.09. The Morgan fingerprint density at radius 1 is 1.31 bits per heavy atom. The van der Waals surface area contributed by atoms with Crippen LogP contribution in [0, 0.1) is 11.3 Å². The summed E-state index contributed by atoms with van der Waals surface area (Å²) in [6.45, 7) is 9.18. The quantitative estimate of drug-likeness (QED) is 0.543. The Bertz CT molecular complexity index is 946. The van der Waals surface area contributed by atoms with Crippen molar-refractivity contribution >= 4 is 11.5 Å². The van der Waals surface area contributed by atoms with E-state index in [1.54, 1.807) is 6.07 Å². The molecule has 2 aliphatic heterocycles. The molecule has 0 spiro atoms. The molecule has 1 saturated carbocycles. The molecule has 1 saturated heterocycles. The van der Waals surface area contributed by atoms with Crippen LogP contribution in [0.15, 0.2) is 30.3 Å². The van der Waals surface area contributed by atoms with E-state index >= 15 is 0 Å². The second-order valence-electron chi connectivity index (χ2n) is 10.7. The molecule has 1 amide bonds. The lowest BCUT2D eigenvalue weighted by molar-refractivity contribution is -0.144. The molecule has 0 radical (unpaired) electrons. The van der Waals surface area contributed by atoms with Gasteiger partial charge in [-0.05, 0) is 68.2 Å². The number of alkyl halides is 3. The molecule has 4 rings (SSSR count). The average molecular weight is 509 g/mol. The highest BCUT2D eigenvalue weighted by atomic mass is 19.4. The van der Waals surface area contributed by atoms with Crippen molar-refractivity contribution in [1.82, 2.24) is 10.2 Å². The third-order valence-electron chi connectivity index (χ3n) is 8.27. The molecule has 2 heterocycles. The maximum atomic E-state index is 13.9. The number of nitrogens with zero attached hydrogens (tertiary/aromatic N) is 1. The SMILES string of the molecule is CCOC1COCCC1NC1CC[C@@](C(=O)N2CC=C(c3cccc(C(F)(F)F)c3)CC2)(C(C)C)C1. The summed E-state index contributed by atoms with van der Waals surface area (Å²) >= 11 is 0. The van der Waals surface area contributed by atoms with E-state index in [9.17, 15) is 18.0 Å². The first-order chi connectivity index (χ1) is 17.1. The van der Waals surface area contributed by atoms with Gasteiger partial charge in [-0.25, -0.2) is 0 Å². The topological polar surface area (TPSA) is 50.8 Å². The maximum Gasteiger partial charge on any atom is 0.416 e. The van der Waals surface area contributed by atoms with Crippen LogP contribution in [-0.2, 0) is 20.4 Å². The number of ether oxygens (including phenoxy) is 2. The van der Waals surface area contributed by atoms with Gasteiger partial charge in [-0.15, -0.1) is 0 Å². The Balaban J connectivity index is 1.42. The highest BCUT2D eigenvalue weighted by molar-refractivity contribution is 5.84. The number of rotatable bonds is 7. The monoisotopic (exact) mass is 508 g/mol. The second-order valence-corrected chi connectivity index (χ2v) is 10.7. The van der Waals surface area contributed by atoms with Crippen LogP contribution in [-0.4, -0.2) is 61.9 Å². The van der Waals surface area contributed by atoms with Crippen molar-refractivity contribution < 1.29 is 27.4 Å². The molecule has 2 fully saturated rings. The zero-order chi connectivity index (χ0) is 25.9. The summed E-state index contributed by atoms with van der Waals surface area (Å²) in [5.41, 5.74) is 0.391. The fourth-order valence-electron chi connectivity index (χ4n) is 6.09. The van der Waals surface area contributed by atoms with Crippen LogP contribution >= 0.6 is 0 Å². The number of carbonyl (C=O) groups is 1. The highest BCUT2D eigenvalue weighted by Crippen LogP contribution is 2.46. The zero-order valence-electron chi connectivity index (χ0n) is 21.6. The fraction of sp³-hybridized carbons (Fsp3) is 0.679. The van der Waals surface area contributed by atoms with E-state index in [0.717, 1.165) is 43.9 Å². The first-order valence-electron chi connectivity index (χ1n) is 13.3. The number of hydrogen-bond donors (Lipinski definition) is 1. The van der Waals surface area contributed by atoms with E-state index in [1.165, 1.54) is 12.1 Å². The van der Waals surface area contributed by atoms with E-state index < -0.39 is 17.2 Å². The first-order valence-corrected chi connectivity index (χ1v) is 13.3. The Hall–Kier alpha value is -1.90. The van der Waals surface area contributed by atoms with Gasteiger partial charge in [0.2, 0.25) is 5.91 Å². The Labute approximate surface area is 212 Å². The minimum atomic E-state index is -4.36. The van der Waals surface area contributed by atoms with Crippen molar-refractivity contribution in [1.29, 1.82) is 0 Å². The molecule has 0 aromatic heterocycles. The number of amides is 1. The summed E-state index contributed by atoms with van der Waals surface area (Å²) in [6.07, 6.45) is 1.63. The summed E-state index contributed by atoms with van der Waals surface area (Å²) in [7, 11) is 0. The summed E-state index contributed by atoms with van der Waals surface area (Å²) in [6, 6.07) is 5.95. The van der Waals surface area contributed by atoms with Crippen molar-refractivity contribution in [3.8, 4) is 0 Å². The van der Waals surface area contributed by atoms with Crippen molar-refractivity contribution in [3.63, 3.8) is 0 Å². The van der Waals surface area contributed by atoms with Gasteiger partial charge in [0.25, 0.3) is 0 Å². The van der Waals surface area contributed by atoms with Crippen molar-refractivity contribution in [2.24, 2.45) is 11.3 Å². The van der Waals surface area contributed by atoms with Gasteiger partial charge in [0.05, 0.1) is 23.7 Å². The van der Waals surface area contributed by atoms with Crippen LogP contribution in [0.4, 0.5) is 13.2 Å². The molecule has 3 aliphatic rings. The molecule has 1 N–H and O–H groups in total. The number of nitrogens with one attached hydrogen (secondary N) is 1. The third kappa shape index (κ3) is 5.81. The molecule has 0 bridgehead atoms. The van der Waals surface area contributed by atoms with Crippen LogP contribution in [0.5, 0.6) is 0 Å². The summed E-state index contributed by atoms with van der Waals surface area (Å²) in [5, 5.41) is 3.79. The minimum Gasteiger partial charge on any atom is -0.379 e. The third-order valence-corrected chi connectivity index (χ3v) is 8.27. The maximum absolute atomic E-state index is 13.9. The standard InChI is InChI=1S/C28H39F3N2O3/c1-4-36-25-18-35-15-11-24(25)32-23-8-12-27(17-23,19(2)3)26(34)33-13-9-20(10-14-33)21-6-5-7-22(16-21)28(29,30)31/h5-7,9,16,19,23-25,32H,4,8,10-15,17-18H2,1-3H3/t23?,24?,25?,27-/m0/s1. The van der Waals surface area contributed by atoms with Crippen molar-refractivity contribution in [2.75, 3.05) is 32.9 Å². The van der Waals surface area contributed by atoms with E-state index in [0.29, 0.717) is 38.3 Å². The summed E-state index contributed by atoms with van der Waals surface area (Å²) in [5.74, 6) is 0.373. The largest absolute Gasteiger partial charge is 0.416 e. The van der Waals surface area contributed by atoms with E-state index in [1.807, 2.05) is 17.9 Å². The van der Waals surface area contributed by atoms with Crippen LogP contribution in [0.2, 0.25) is 0 Å². The molecule has 8 heteroatoms. The van der Waals surface area contributed by atoms with Crippen LogP contribution in [0.1, 0.15) is 64.0 Å². The van der Waals surface area contributed by atoms with Gasteiger partial charge >= 0.3 is 6.18 Å². The first kappa shape index (κ1) is 27.1. The number of hydrogen-bond acceptors (Lipinski definition) is 4.